The molecule has 0 radical (unpaired) electrons. The molecule has 1 atom stereocenters. The van der Waals surface area contributed by atoms with Crippen LogP contribution < -0.4 is 0 Å². The van der Waals surface area contributed by atoms with Crippen molar-refractivity contribution in [2.45, 2.75) is 32.5 Å². The number of hydrogen-bond donors (Lipinski definition) is 1. The molecule has 0 saturated carbocycles. The van der Waals surface area contributed by atoms with Crippen LogP contribution in [0.5, 0.6) is 0 Å². The van der Waals surface area contributed by atoms with E-state index in [0.29, 0.717) is 5.92 Å². The van der Waals surface area contributed by atoms with Gasteiger partial charge >= 0.3 is 0 Å². The average Bonchev–Trinajstić information content (AvgIpc) is 3.09. The zero-order chi connectivity index (χ0) is 13.9. The molecule has 1 saturated heterocycles. The lowest BCUT2D eigenvalue weighted by Crippen LogP contribution is -2.38. The summed E-state index contributed by atoms with van der Waals surface area (Å²) in [6.07, 6.45) is 4.03. The van der Waals surface area contributed by atoms with Crippen molar-refractivity contribution in [2.24, 2.45) is 5.92 Å². The lowest BCUT2D eigenvalue weighted by Gasteiger charge is -2.32. The molecule has 1 N–H and O–H groups in total. The van der Waals surface area contributed by atoms with Gasteiger partial charge in [-0.3, -0.25) is 9.58 Å². The summed E-state index contributed by atoms with van der Waals surface area (Å²) in [5, 5.41) is 18.5. The Labute approximate surface area is 123 Å². The Morgan fingerprint density at radius 1 is 1.40 bits per heavy atom. The van der Waals surface area contributed by atoms with Crippen molar-refractivity contribution in [3.63, 3.8) is 0 Å². The van der Waals surface area contributed by atoms with Crippen LogP contribution in [0, 0.1) is 5.92 Å². The molecule has 1 aliphatic rings. The van der Waals surface area contributed by atoms with Gasteiger partial charge in [-0.25, -0.2) is 0 Å². The predicted molar refractivity (Wildman–Crippen MR) is 81.5 cm³/mol. The van der Waals surface area contributed by atoms with Crippen LogP contribution in [0.15, 0.2) is 29.1 Å². The fourth-order valence-electron chi connectivity index (χ4n) is 2.79. The van der Waals surface area contributed by atoms with Gasteiger partial charge in [0.2, 0.25) is 0 Å². The molecule has 0 amide bonds. The smallest absolute Gasteiger partial charge is 0.0932 e. The Balaban J connectivity index is 1.57. The largest absolute Gasteiger partial charge is 0.393 e. The van der Waals surface area contributed by atoms with Gasteiger partial charge in [-0.1, -0.05) is 0 Å². The van der Waals surface area contributed by atoms with E-state index < -0.39 is 0 Å². The predicted octanol–water partition coefficient (Wildman–Crippen LogP) is 2.66. The van der Waals surface area contributed by atoms with E-state index in [0.717, 1.165) is 38.3 Å². The Morgan fingerprint density at radius 3 is 2.85 bits per heavy atom. The first-order valence-electron chi connectivity index (χ1n) is 7.19. The number of thiophene rings is 1. The van der Waals surface area contributed by atoms with Gasteiger partial charge in [-0.15, -0.1) is 0 Å². The summed E-state index contributed by atoms with van der Waals surface area (Å²) in [6, 6.07) is 4.18. The van der Waals surface area contributed by atoms with Crippen LogP contribution in [-0.2, 0) is 6.67 Å². The molecule has 5 heteroatoms. The molecular formula is C15H21N3OS. The second-order valence-corrected chi connectivity index (χ2v) is 6.37. The number of hydrogen-bond acceptors (Lipinski definition) is 4. The number of likely N-dealkylation sites (tertiary alicyclic amines) is 1. The van der Waals surface area contributed by atoms with Crippen LogP contribution in [0.1, 0.15) is 19.8 Å². The summed E-state index contributed by atoms with van der Waals surface area (Å²) in [5.41, 5.74) is 2.24. The van der Waals surface area contributed by atoms with Crippen LogP contribution >= 0.6 is 11.3 Å². The Morgan fingerprint density at radius 2 is 2.20 bits per heavy atom. The van der Waals surface area contributed by atoms with Gasteiger partial charge in [0.1, 0.15) is 0 Å². The first-order chi connectivity index (χ1) is 9.72. The van der Waals surface area contributed by atoms with Crippen LogP contribution in [0.25, 0.3) is 11.3 Å². The van der Waals surface area contributed by atoms with E-state index in [1.54, 1.807) is 11.3 Å². The van der Waals surface area contributed by atoms with Gasteiger partial charge in [-0.2, -0.15) is 16.4 Å². The van der Waals surface area contributed by atoms with E-state index in [4.69, 9.17) is 0 Å². The van der Waals surface area contributed by atoms with Crippen molar-refractivity contribution >= 4 is 11.3 Å². The Hall–Kier alpha value is -1.17. The zero-order valence-corrected chi connectivity index (χ0v) is 12.6. The van der Waals surface area contributed by atoms with Crippen LogP contribution in [-0.4, -0.2) is 39.0 Å². The number of aromatic nitrogens is 2. The normalized spacial score (nSPS) is 19.3. The molecule has 108 valence electrons. The van der Waals surface area contributed by atoms with E-state index in [2.05, 4.69) is 32.9 Å². The molecule has 3 rings (SSSR count). The van der Waals surface area contributed by atoms with Crippen molar-refractivity contribution < 1.29 is 5.11 Å². The Bertz CT molecular complexity index is 527. The molecule has 2 aromatic heterocycles. The molecule has 1 unspecified atom stereocenters. The molecule has 1 aliphatic heterocycles. The molecule has 0 aromatic carbocycles. The monoisotopic (exact) mass is 291 g/mol. The highest BCUT2D eigenvalue weighted by Crippen LogP contribution is 2.22. The third-order valence-electron chi connectivity index (χ3n) is 4.12. The summed E-state index contributed by atoms with van der Waals surface area (Å²) < 4.78 is 2.01. The molecule has 1 fully saturated rings. The zero-order valence-electron chi connectivity index (χ0n) is 11.8. The van der Waals surface area contributed by atoms with E-state index in [9.17, 15) is 5.11 Å². The lowest BCUT2D eigenvalue weighted by atomic mass is 9.92. The maximum atomic E-state index is 9.63. The molecule has 20 heavy (non-hydrogen) atoms. The van der Waals surface area contributed by atoms with Gasteiger partial charge in [-0.05, 0) is 43.2 Å². The third kappa shape index (κ3) is 3.11. The van der Waals surface area contributed by atoms with Gasteiger partial charge in [0.25, 0.3) is 0 Å². The van der Waals surface area contributed by atoms with Gasteiger partial charge in [0.05, 0.1) is 18.5 Å². The summed E-state index contributed by atoms with van der Waals surface area (Å²) in [6.45, 7) is 4.84. The molecule has 0 spiro atoms. The van der Waals surface area contributed by atoms with Gasteiger partial charge in [0.15, 0.2) is 0 Å². The quantitative estimate of drug-likeness (QED) is 0.941. The minimum absolute atomic E-state index is 0.174. The van der Waals surface area contributed by atoms with Crippen molar-refractivity contribution in [1.82, 2.24) is 14.7 Å². The van der Waals surface area contributed by atoms with E-state index in [1.165, 1.54) is 5.56 Å². The number of aliphatic hydroxyl groups is 1. The summed E-state index contributed by atoms with van der Waals surface area (Å²) in [7, 11) is 0. The van der Waals surface area contributed by atoms with E-state index >= 15 is 0 Å². The molecule has 4 nitrogen and oxygen atoms in total. The number of piperidine rings is 1. The first kappa shape index (κ1) is 13.8. The van der Waals surface area contributed by atoms with Crippen LogP contribution in [0.4, 0.5) is 0 Å². The molecule has 0 bridgehead atoms. The fourth-order valence-corrected chi connectivity index (χ4v) is 3.44. The third-order valence-corrected chi connectivity index (χ3v) is 4.80. The fraction of sp³-hybridized carbons (Fsp3) is 0.533. The van der Waals surface area contributed by atoms with Gasteiger partial charge in [0, 0.05) is 30.2 Å². The average molecular weight is 291 g/mol. The SMILES string of the molecule is CC(O)C1CCN(Cn2ccc(-c3ccsc3)n2)CC1. The summed E-state index contributed by atoms with van der Waals surface area (Å²) >= 11 is 1.70. The number of aliphatic hydroxyl groups excluding tert-OH is 1. The summed E-state index contributed by atoms with van der Waals surface area (Å²) in [4.78, 5) is 2.41. The van der Waals surface area contributed by atoms with Gasteiger partial charge < -0.3 is 5.11 Å². The minimum Gasteiger partial charge on any atom is -0.393 e. The van der Waals surface area contributed by atoms with Crippen molar-refractivity contribution in [3.8, 4) is 11.3 Å². The Kier molecular flexibility index (Phi) is 4.19. The minimum atomic E-state index is -0.174. The maximum absolute atomic E-state index is 9.63. The first-order valence-corrected chi connectivity index (χ1v) is 8.13. The topological polar surface area (TPSA) is 41.3 Å². The van der Waals surface area contributed by atoms with Crippen LogP contribution in [0.2, 0.25) is 0 Å². The maximum Gasteiger partial charge on any atom is 0.0932 e. The van der Waals surface area contributed by atoms with E-state index in [-0.39, 0.29) is 6.10 Å². The standard InChI is InChI=1S/C15H21N3OS/c1-12(19)13-2-6-17(7-3-13)11-18-8-4-15(16-18)14-5-9-20-10-14/h4-5,8-10,12-13,19H,2-3,6-7,11H2,1H3. The molecule has 0 aliphatic carbocycles. The molecule has 3 heterocycles. The number of nitrogens with zero attached hydrogens (tertiary/aromatic N) is 3. The highest BCUT2D eigenvalue weighted by molar-refractivity contribution is 7.08. The second-order valence-electron chi connectivity index (χ2n) is 5.59. The van der Waals surface area contributed by atoms with E-state index in [1.807, 2.05) is 17.8 Å². The summed E-state index contributed by atoms with van der Waals surface area (Å²) in [5.74, 6) is 0.463. The number of rotatable bonds is 4. The highest BCUT2D eigenvalue weighted by atomic mass is 32.1. The lowest BCUT2D eigenvalue weighted by molar-refractivity contribution is 0.0595. The van der Waals surface area contributed by atoms with Crippen molar-refractivity contribution in [2.75, 3.05) is 13.1 Å². The molecular weight excluding hydrogens is 270 g/mol. The van der Waals surface area contributed by atoms with Crippen molar-refractivity contribution in [1.29, 1.82) is 0 Å². The van der Waals surface area contributed by atoms with Crippen LogP contribution in [0.3, 0.4) is 0 Å². The second kappa shape index (κ2) is 6.08. The molecule has 2 aromatic rings. The van der Waals surface area contributed by atoms with Crippen molar-refractivity contribution in [3.05, 3.63) is 29.1 Å². The highest BCUT2D eigenvalue weighted by Gasteiger charge is 2.22.